The molecule has 0 radical (unpaired) electrons. The van der Waals surface area contributed by atoms with Gasteiger partial charge in [0.2, 0.25) is 0 Å². The van der Waals surface area contributed by atoms with Crippen LogP contribution in [-0.4, -0.2) is 36.3 Å². The fourth-order valence-electron chi connectivity index (χ4n) is 2.07. The molecule has 1 aliphatic rings. The molecule has 2 rings (SSSR count). The maximum Gasteiger partial charge on any atom is 0.294 e. The molecule has 0 saturated carbocycles. The van der Waals surface area contributed by atoms with Crippen molar-refractivity contribution in [2.45, 2.75) is 32.0 Å². The first-order valence-corrected chi connectivity index (χ1v) is 7.10. The molecule has 0 spiro atoms. The van der Waals surface area contributed by atoms with E-state index in [1.807, 2.05) is 0 Å². The molecular formula is C14H19N3O5. The average molecular weight is 309 g/mol. The van der Waals surface area contributed by atoms with Crippen LogP contribution < -0.4 is 10.9 Å². The van der Waals surface area contributed by atoms with Crippen molar-refractivity contribution in [1.82, 2.24) is 5.43 Å². The van der Waals surface area contributed by atoms with Gasteiger partial charge in [-0.2, -0.15) is 0 Å². The molecule has 2 N–H and O–H groups in total. The van der Waals surface area contributed by atoms with Crippen LogP contribution in [-0.2, 0) is 14.3 Å². The Morgan fingerprint density at radius 1 is 1.55 bits per heavy atom. The monoisotopic (exact) mass is 309 g/mol. The zero-order chi connectivity index (χ0) is 15.9. The van der Waals surface area contributed by atoms with Crippen molar-refractivity contribution in [3.05, 3.63) is 34.4 Å². The van der Waals surface area contributed by atoms with E-state index in [1.54, 1.807) is 19.1 Å². The minimum Gasteiger partial charge on any atom is -0.376 e. The Balaban J connectivity index is 1.80. The molecule has 0 unspecified atom stereocenters. The Kier molecular flexibility index (Phi) is 5.68. The number of carbonyl (C=O) groups is 1. The standard InChI is InChI=1S/C14H19N3O5/c1-10(22-9-11-5-4-8-21-11)14(18)16-15-12-6-2-3-7-13(12)17(19)20/h2-3,6-7,10-11,15H,4-5,8-9H2,1H3,(H,16,18)/t10-,11+/m0/s1. The number of nitro benzene ring substituents is 1. The maximum atomic E-state index is 11.9. The van der Waals surface area contributed by atoms with E-state index in [1.165, 1.54) is 12.1 Å². The minimum atomic E-state index is -0.681. The Morgan fingerprint density at radius 2 is 2.32 bits per heavy atom. The van der Waals surface area contributed by atoms with E-state index in [4.69, 9.17) is 9.47 Å². The van der Waals surface area contributed by atoms with Crippen molar-refractivity contribution >= 4 is 17.3 Å². The third-order valence-corrected chi connectivity index (χ3v) is 3.35. The predicted octanol–water partition coefficient (Wildman–Crippen LogP) is 1.62. The first kappa shape index (κ1) is 16.2. The number of anilines is 1. The minimum absolute atomic E-state index is 0.0402. The summed E-state index contributed by atoms with van der Waals surface area (Å²) >= 11 is 0. The molecule has 1 saturated heterocycles. The van der Waals surface area contributed by atoms with Crippen LogP contribution in [0.4, 0.5) is 11.4 Å². The van der Waals surface area contributed by atoms with Crippen LogP contribution in [0.1, 0.15) is 19.8 Å². The molecule has 1 amide bonds. The molecule has 0 bridgehead atoms. The van der Waals surface area contributed by atoms with Gasteiger partial charge in [0.1, 0.15) is 11.8 Å². The topological polar surface area (TPSA) is 103 Å². The van der Waals surface area contributed by atoms with Crippen molar-refractivity contribution in [2.75, 3.05) is 18.6 Å². The smallest absolute Gasteiger partial charge is 0.294 e. The van der Waals surface area contributed by atoms with Gasteiger partial charge < -0.3 is 9.47 Å². The number of ether oxygens (including phenoxy) is 2. The summed E-state index contributed by atoms with van der Waals surface area (Å²) in [5.41, 5.74) is 5.06. The van der Waals surface area contributed by atoms with E-state index in [0.717, 1.165) is 19.4 Å². The van der Waals surface area contributed by atoms with Crippen molar-refractivity contribution < 1.29 is 19.2 Å². The lowest BCUT2D eigenvalue weighted by Crippen LogP contribution is -2.39. The largest absolute Gasteiger partial charge is 0.376 e. The Hall–Kier alpha value is -2.19. The molecule has 1 fully saturated rings. The van der Waals surface area contributed by atoms with E-state index < -0.39 is 16.9 Å². The van der Waals surface area contributed by atoms with E-state index in [9.17, 15) is 14.9 Å². The lowest BCUT2D eigenvalue weighted by molar-refractivity contribution is -0.384. The van der Waals surface area contributed by atoms with E-state index in [2.05, 4.69) is 10.9 Å². The molecule has 1 aliphatic heterocycles. The summed E-state index contributed by atoms with van der Waals surface area (Å²) in [6, 6.07) is 6.06. The first-order chi connectivity index (χ1) is 10.6. The number of nitrogens with zero attached hydrogens (tertiary/aromatic N) is 1. The van der Waals surface area contributed by atoms with Crippen molar-refractivity contribution in [3.63, 3.8) is 0 Å². The number of hydrogen-bond donors (Lipinski definition) is 2. The van der Waals surface area contributed by atoms with Gasteiger partial charge in [0.15, 0.2) is 0 Å². The summed E-state index contributed by atoms with van der Waals surface area (Å²) < 4.78 is 10.9. The first-order valence-electron chi connectivity index (χ1n) is 7.10. The molecule has 8 nitrogen and oxygen atoms in total. The van der Waals surface area contributed by atoms with Crippen LogP contribution in [0.5, 0.6) is 0 Å². The molecule has 1 aromatic rings. The van der Waals surface area contributed by atoms with Gasteiger partial charge >= 0.3 is 0 Å². The molecule has 120 valence electrons. The van der Waals surface area contributed by atoms with E-state index in [-0.39, 0.29) is 17.5 Å². The Bertz CT molecular complexity index is 531. The number of nitro groups is 1. The zero-order valence-corrected chi connectivity index (χ0v) is 12.3. The molecule has 8 heteroatoms. The third-order valence-electron chi connectivity index (χ3n) is 3.35. The summed E-state index contributed by atoms with van der Waals surface area (Å²) in [5, 5.41) is 10.9. The number of amides is 1. The highest BCUT2D eigenvalue weighted by atomic mass is 16.6. The van der Waals surface area contributed by atoms with Crippen LogP contribution in [0.3, 0.4) is 0 Å². The number of carbonyl (C=O) groups excluding carboxylic acids is 1. The second-order valence-electron chi connectivity index (χ2n) is 5.00. The normalized spacial score (nSPS) is 18.7. The number of para-hydroxylation sites is 2. The second-order valence-corrected chi connectivity index (χ2v) is 5.00. The van der Waals surface area contributed by atoms with Crippen molar-refractivity contribution in [2.24, 2.45) is 0 Å². The van der Waals surface area contributed by atoms with Gasteiger partial charge in [-0.15, -0.1) is 0 Å². The molecule has 0 aromatic heterocycles. The number of rotatable bonds is 7. The molecule has 0 aliphatic carbocycles. The zero-order valence-electron chi connectivity index (χ0n) is 12.3. The van der Waals surface area contributed by atoms with Crippen molar-refractivity contribution in [3.8, 4) is 0 Å². The summed E-state index contributed by atoms with van der Waals surface area (Å²) in [4.78, 5) is 22.2. The average Bonchev–Trinajstić information content (AvgIpc) is 3.03. The van der Waals surface area contributed by atoms with Gasteiger partial charge in [-0.05, 0) is 25.8 Å². The fourth-order valence-corrected chi connectivity index (χ4v) is 2.07. The number of nitrogens with one attached hydrogen (secondary N) is 2. The number of hydrogen-bond acceptors (Lipinski definition) is 6. The molecular weight excluding hydrogens is 290 g/mol. The van der Waals surface area contributed by atoms with Gasteiger partial charge in [-0.25, -0.2) is 0 Å². The van der Waals surface area contributed by atoms with Crippen LogP contribution in [0.2, 0.25) is 0 Å². The Morgan fingerprint density at radius 3 is 3.00 bits per heavy atom. The van der Waals surface area contributed by atoms with Crippen LogP contribution in [0.15, 0.2) is 24.3 Å². The van der Waals surface area contributed by atoms with Crippen LogP contribution >= 0.6 is 0 Å². The van der Waals surface area contributed by atoms with Gasteiger partial charge in [0, 0.05) is 12.7 Å². The summed E-state index contributed by atoms with van der Waals surface area (Å²) in [6.07, 6.45) is 1.30. The molecule has 2 atom stereocenters. The van der Waals surface area contributed by atoms with Gasteiger partial charge in [0.25, 0.3) is 11.6 Å². The van der Waals surface area contributed by atoms with E-state index >= 15 is 0 Å². The van der Waals surface area contributed by atoms with Gasteiger partial charge in [-0.1, -0.05) is 12.1 Å². The predicted molar refractivity (Wildman–Crippen MR) is 79.2 cm³/mol. The fraction of sp³-hybridized carbons (Fsp3) is 0.500. The molecule has 1 heterocycles. The number of benzene rings is 1. The molecule has 1 aromatic carbocycles. The van der Waals surface area contributed by atoms with Gasteiger partial charge in [-0.3, -0.25) is 25.8 Å². The highest BCUT2D eigenvalue weighted by molar-refractivity contribution is 5.82. The lowest BCUT2D eigenvalue weighted by atomic mass is 10.2. The SMILES string of the molecule is C[C@H](OC[C@H]1CCCO1)C(=O)NNc1ccccc1[N+](=O)[O-]. The van der Waals surface area contributed by atoms with E-state index in [0.29, 0.717) is 6.61 Å². The summed E-state index contributed by atoms with van der Waals surface area (Å²) in [6.45, 7) is 2.71. The highest BCUT2D eigenvalue weighted by Crippen LogP contribution is 2.22. The Labute approximate surface area is 127 Å². The van der Waals surface area contributed by atoms with Gasteiger partial charge in [0.05, 0.1) is 17.6 Å². The second kappa shape index (κ2) is 7.71. The van der Waals surface area contributed by atoms with Crippen molar-refractivity contribution in [1.29, 1.82) is 0 Å². The number of hydrazine groups is 1. The highest BCUT2D eigenvalue weighted by Gasteiger charge is 2.20. The third kappa shape index (κ3) is 4.40. The quantitative estimate of drug-likeness (QED) is 0.586. The van der Waals surface area contributed by atoms with Crippen LogP contribution in [0.25, 0.3) is 0 Å². The van der Waals surface area contributed by atoms with Crippen LogP contribution in [0, 0.1) is 10.1 Å². The summed E-state index contributed by atoms with van der Waals surface area (Å²) in [7, 11) is 0. The summed E-state index contributed by atoms with van der Waals surface area (Å²) in [5.74, 6) is -0.406. The maximum absolute atomic E-state index is 11.9. The molecule has 22 heavy (non-hydrogen) atoms. The lowest BCUT2D eigenvalue weighted by Gasteiger charge is -2.16.